The second-order valence-electron chi connectivity index (χ2n) is 7.62. The fraction of sp³-hybridized carbons (Fsp3) is 0.0714. The number of methoxy groups -OCH3 is 1. The van der Waals surface area contributed by atoms with Gasteiger partial charge in [-0.1, -0.05) is 36.4 Å². The number of rotatable bonds is 8. The van der Waals surface area contributed by atoms with E-state index in [-0.39, 0.29) is 11.8 Å². The molecule has 0 bridgehead atoms. The molecule has 5 nitrogen and oxygen atoms in total. The van der Waals surface area contributed by atoms with Gasteiger partial charge in [-0.15, -0.1) is 11.8 Å². The predicted octanol–water partition coefficient (Wildman–Crippen LogP) is 6.56. The summed E-state index contributed by atoms with van der Waals surface area (Å²) in [4.78, 5) is 26.5. The highest BCUT2D eigenvalue weighted by Gasteiger charge is 2.22. The van der Waals surface area contributed by atoms with Gasteiger partial charge in [-0.2, -0.15) is 0 Å². The first kappa shape index (κ1) is 24.0. The van der Waals surface area contributed by atoms with Crippen LogP contribution in [0.2, 0.25) is 0 Å². The van der Waals surface area contributed by atoms with Crippen molar-refractivity contribution in [1.29, 1.82) is 0 Å². The van der Waals surface area contributed by atoms with Crippen molar-refractivity contribution in [3.8, 4) is 5.75 Å². The topological polar surface area (TPSA) is 67.4 Å². The first-order valence-electron chi connectivity index (χ1n) is 10.9. The second kappa shape index (κ2) is 11.4. The van der Waals surface area contributed by atoms with Crippen molar-refractivity contribution in [3.05, 3.63) is 120 Å². The number of amides is 2. The van der Waals surface area contributed by atoms with Gasteiger partial charge in [0.25, 0.3) is 5.91 Å². The summed E-state index contributed by atoms with van der Waals surface area (Å²) in [5, 5.41) is 5.27. The highest BCUT2D eigenvalue weighted by atomic mass is 32.2. The van der Waals surface area contributed by atoms with Crippen molar-refractivity contribution in [1.82, 2.24) is 0 Å². The number of halogens is 1. The monoisotopic (exact) mass is 486 g/mol. The Hall–Kier alpha value is -4.10. The summed E-state index contributed by atoms with van der Waals surface area (Å²) >= 11 is 1.41. The molecule has 4 rings (SSSR count). The summed E-state index contributed by atoms with van der Waals surface area (Å²) in [6.45, 7) is 0. The highest BCUT2D eigenvalue weighted by Crippen LogP contribution is 2.37. The lowest BCUT2D eigenvalue weighted by Gasteiger charge is -2.18. The van der Waals surface area contributed by atoms with Gasteiger partial charge in [0.1, 0.15) is 16.8 Å². The lowest BCUT2D eigenvalue weighted by Crippen LogP contribution is -2.19. The summed E-state index contributed by atoms with van der Waals surface area (Å²) in [7, 11) is 1.58. The molecule has 0 fully saturated rings. The largest absolute Gasteiger partial charge is 0.497 e. The Labute approximate surface area is 207 Å². The maximum absolute atomic E-state index is 13.3. The van der Waals surface area contributed by atoms with E-state index in [9.17, 15) is 14.0 Å². The summed E-state index contributed by atoms with van der Waals surface area (Å²) < 4.78 is 18.3. The van der Waals surface area contributed by atoms with E-state index in [1.165, 1.54) is 36.0 Å². The van der Waals surface area contributed by atoms with Crippen LogP contribution in [-0.2, 0) is 4.79 Å². The third-order valence-corrected chi connectivity index (χ3v) is 6.42. The molecule has 4 aromatic rings. The van der Waals surface area contributed by atoms with Gasteiger partial charge in [0.15, 0.2) is 0 Å². The molecule has 2 N–H and O–H groups in total. The average molecular weight is 487 g/mol. The van der Waals surface area contributed by atoms with Crippen LogP contribution < -0.4 is 15.4 Å². The normalized spacial score (nSPS) is 11.4. The summed E-state index contributed by atoms with van der Waals surface area (Å²) in [5.74, 6) is -0.232. The van der Waals surface area contributed by atoms with Crippen molar-refractivity contribution in [3.63, 3.8) is 0 Å². The van der Waals surface area contributed by atoms with Gasteiger partial charge in [0.2, 0.25) is 5.91 Å². The Bertz CT molecular complexity index is 1300. The smallest absolute Gasteiger partial charge is 0.255 e. The van der Waals surface area contributed by atoms with E-state index < -0.39 is 11.1 Å². The van der Waals surface area contributed by atoms with Gasteiger partial charge in [-0.25, -0.2) is 4.39 Å². The first-order chi connectivity index (χ1) is 17.0. The highest BCUT2D eigenvalue weighted by molar-refractivity contribution is 8.00. The lowest BCUT2D eigenvalue weighted by atomic mass is 10.1. The van der Waals surface area contributed by atoms with Gasteiger partial charge >= 0.3 is 0 Å². The van der Waals surface area contributed by atoms with E-state index in [2.05, 4.69) is 10.6 Å². The van der Waals surface area contributed by atoms with Gasteiger partial charge in [0, 0.05) is 27.9 Å². The van der Waals surface area contributed by atoms with Gasteiger partial charge < -0.3 is 15.4 Å². The fourth-order valence-electron chi connectivity index (χ4n) is 3.37. The molecule has 2 amide bonds. The zero-order valence-electron chi connectivity index (χ0n) is 18.9. The number of benzene rings is 4. The minimum Gasteiger partial charge on any atom is -0.497 e. The second-order valence-corrected chi connectivity index (χ2v) is 8.79. The molecule has 0 aliphatic carbocycles. The third-order valence-electron chi connectivity index (χ3n) is 5.15. The average Bonchev–Trinajstić information content (AvgIpc) is 2.89. The number of hydrogen-bond acceptors (Lipinski definition) is 4. The van der Waals surface area contributed by atoms with Crippen molar-refractivity contribution < 1.29 is 18.7 Å². The molecule has 4 aromatic carbocycles. The number of carbonyl (C=O) groups excluding carboxylic acids is 2. The Morgan fingerprint density at radius 3 is 2.20 bits per heavy atom. The Balaban J connectivity index is 1.48. The van der Waals surface area contributed by atoms with Crippen molar-refractivity contribution in [2.24, 2.45) is 0 Å². The van der Waals surface area contributed by atoms with Crippen LogP contribution in [0.15, 0.2) is 108 Å². The van der Waals surface area contributed by atoms with Crippen LogP contribution in [0.1, 0.15) is 21.2 Å². The van der Waals surface area contributed by atoms with Gasteiger partial charge in [-0.3, -0.25) is 9.59 Å². The molecule has 0 heterocycles. The molecule has 1 atom stereocenters. The standard InChI is InChI=1S/C28H23FN2O3S/c1-34-24-9-5-8-23(18-24)31-28(33)26(19-6-3-2-4-7-19)35-25-16-14-22(15-17-25)30-27(32)20-10-12-21(29)13-11-20/h2-18,26H,1H3,(H,30,32)(H,31,33). The Morgan fingerprint density at radius 2 is 1.51 bits per heavy atom. The molecule has 0 aliphatic rings. The van der Waals surface area contributed by atoms with E-state index in [1.807, 2.05) is 60.7 Å². The van der Waals surface area contributed by atoms with Gasteiger partial charge in [-0.05, 0) is 66.2 Å². The maximum atomic E-state index is 13.3. The predicted molar refractivity (Wildman–Crippen MR) is 137 cm³/mol. The number of nitrogens with one attached hydrogen (secondary N) is 2. The number of thioether (sulfide) groups is 1. The number of anilines is 2. The quantitative estimate of drug-likeness (QED) is 0.277. The maximum Gasteiger partial charge on any atom is 0.255 e. The molecule has 0 aromatic heterocycles. The molecule has 176 valence electrons. The van der Waals surface area contributed by atoms with Gasteiger partial charge in [0.05, 0.1) is 7.11 Å². The molecular weight excluding hydrogens is 463 g/mol. The lowest BCUT2D eigenvalue weighted by molar-refractivity contribution is -0.115. The summed E-state index contributed by atoms with van der Waals surface area (Å²) in [6, 6.07) is 29.3. The van der Waals surface area contributed by atoms with E-state index in [0.717, 1.165) is 10.5 Å². The van der Waals surface area contributed by atoms with Crippen LogP contribution in [-0.4, -0.2) is 18.9 Å². The van der Waals surface area contributed by atoms with Crippen LogP contribution in [0, 0.1) is 5.82 Å². The molecule has 0 saturated carbocycles. The summed E-state index contributed by atoms with van der Waals surface area (Å²) in [5.41, 5.74) is 2.48. The zero-order valence-corrected chi connectivity index (χ0v) is 19.7. The Morgan fingerprint density at radius 1 is 0.800 bits per heavy atom. The van der Waals surface area contributed by atoms with Crippen molar-refractivity contribution in [2.75, 3.05) is 17.7 Å². The SMILES string of the molecule is COc1cccc(NC(=O)C(Sc2ccc(NC(=O)c3ccc(F)cc3)cc2)c2ccccc2)c1. The zero-order chi connectivity index (χ0) is 24.6. The van der Waals surface area contributed by atoms with Crippen LogP contribution in [0.4, 0.5) is 15.8 Å². The minimum absolute atomic E-state index is 0.164. The van der Waals surface area contributed by atoms with Crippen LogP contribution in [0.25, 0.3) is 0 Å². The molecule has 0 saturated heterocycles. The molecule has 7 heteroatoms. The number of carbonyl (C=O) groups is 2. The molecular formula is C28H23FN2O3S. The third kappa shape index (κ3) is 6.49. The molecule has 0 radical (unpaired) electrons. The van der Waals surface area contributed by atoms with Crippen molar-refractivity contribution >= 4 is 35.0 Å². The number of ether oxygens (including phenoxy) is 1. The number of hydrogen-bond donors (Lipinski definition) is 2. The molecule has 0 spiro atoms. The van der Waals surface area contributed by atoms with Crippen LogP contribution in [0.3, 0.4) is 0 Å². The van der Waals surface area contributed by atoms with Crippen LogP contribution in [0.5, 0.6) is 5.75 Å². The van der Waals surface area contributed by atoms with E-state index >= 15 is 0 Å². The van der Waals surface area contributed by atoms with E-state index in [0.29, 0.717) is 22.7 Å². The van der Waals surface area contributed by atoms with E-state index in [4.69, 9.17) is 4.74 Å². The Kier molecular flexibility index (Phi) is 7.80. The van der Waals surface area contributed by atoms with Crippen molar-refractivity contribution in [2.45, 2.75) is 10.1 Å². The van der Waals surface area contributed by atoms with E-state index in [1.54, 1.807) is 25.3 Å². The summed E-state index contributed by atoms with van der Waals surface area (Å²) in [6.07, 6.45) is 0. The first-order valence-corrected chi connectivity index (χ1v) is 11.7. The fourth-order valence-corrected chi connectivity index (χ4v) is 4.39. The minimum atomic E-state index is -0.498. The molecule has 1 unspecified atom stereocenters. The van der Waals surface area contributed by atoms with Crippen LogP contribution >= 0.6 is 11.8 Å². The molecule has 35 heavy (non-hydrogen) atoms. The molecule has 0 aliphatic heterocycles.